The van der Waals surface area contributed by atoms with Gasteiger partial charge in [0.25, 0.3) is 11.8 Å². The van der Waals surface area contributed by atoms with Crippen LogP contribution in [0.15, 0.2) is 42.5 Å². The highest BCUT2D eigenvalue weighted by atomic mass is 35.5. The highest BCUT2D eigenvalue weighted by Crippen LogP contribution is 2.45. The van der Waals surface area contributed by atoms with E-state index in [-0.39, 0.29) is 52.1 Å². The molecule has 1 aromatic heterocycles. The van der Waals surface area contributed by atoms with Crippen molar-refractivity contribution in [2.75, 3.05) is 18.4 Å². The van der Waals surface area contributed by atoms with Crippen molar-refractivity contribution in [3.05, 3.63) is 92.6 Å². The van der Waals surface area contributed by atoms with Crippen molar-refractivity contribution in [1.29, 1.82) is 0 Å². The van der Waals surface area contributed by atoms with Crippen LogP contribution < -0.4 is 16.0 Å². The minimum Gasteiger partial charge on any atom is -0.381 e. The van der Waals surface area contributed by atoms with Crippen LogP contribution in [0.3, 0.4) is 0 Å². The fraction of sp³-hybridized carbons (Fsp3) is 0.222. The minimum atomic E-state index is -4.91. The van der Waals surface area contributed by atoms with Crippen LogP contribution in [-0.4, -0.2) is 39.8 Å². The lowest BCUT2D eigenvalue weighted by atomic mass is 9.88. The monoisotopic (exact) mass is 591 g/mol. The third-order valence-electron chi connectivity index (χ3n) is 7.24. The van der Waals surface area contributed by atoms with Gasteiger partial charge in [-0.15, -0.1) is 0 Å². The Morgan fingerprint density at radius 1 is 1.15 bits per heavy atom. The number of amides is 2. The van der Waals surface area contributed by atoms with Crippen molar-refractivity contribution < 1.29 is 36.6 Å². The Balaban J connectivity index is 1.57. The molecule has 212 valence electrons. The number of aryl methyl sites for hydroxylation is 1. The topological polar surface area (TPSA) is 108 Å². The maximum absolute atomic E-state index is 14.2. The molecule has 6 rings (SSSR count). The van der Waals surface area contributed by atoms with Crippen LogP contribution in [0.5, 0.6) is 0 Å². The summed E-state index contributed by atoms with van der Waals surface area (Å²) in [6.45, 7) is 0.356. The van der Waals surface area contributed by atoms with Crippen LogP contribution in [0.4, 0.5) is 27.6 Å². The first kappa shape index (κ1) is 27.1. The summed E-state index contributed by atoms with van der Waals surface area (Å²) in [6.07, 6.45) is -4.91. The number of nitrogens with zero attached hydrogens (tertiary/aromatic N) is 2. The molecule has 2 aliphatic heterocycles. The molecule has 2 amide bonds. The SMILES string of the molecule is Cn1nc2c3c(c(NC(=O)c4cc(F)cc(C(F)(F)F)c4)cc2c1C1(O)CNC1)C(c1cc(F)ccc1Cl)NC3=O. The van der Waals surface area contributed by atoms with E-state index in [1.807, 2.05) is 0 Å². The van der Waals surface area contributed by atoms with Gasteiger partial charge in [-0.2, -0.15) is 18.3 Å². The molecule has 41 heavy (non-hydrogen) atoms. The molecule has 0 saturated carbocycles. The zero-order chi connectivity index (χ0) is 29.4. The van der Waals surface area contributed by atoms with Crippen LogP contribution in [0, 0.1) is 11.6 Å². The molecule has 0 aliphatic carbocycles. The Morgan fingerprint density at radius 2 is 1.88 bits per heavy atom. The molecule has 2 aliphatic rings. The average molecular weight is 592 g/mol. The van der Waals surface area contributed by atoms with Crippen molar-refractivity contribution in [2.24, 2.45) is 7.05 Å². The third kappa shape index (κ3) is 4.40. The number of aliphatic hydroxyl groups is 1. The van der Waals surface area contributed by atoms with Crippen molar-refractivity contribution in [3.63, 3.8) is 0 Å². The van der Waals surface area contributed by atoms with E-state index in [0.717, 1.165) is 12.1 Å². The van der Waals surface area contributed by atoms with Crippen molar-refractivity contribution in [1.82, 2.24) is 20.4 Å². The van der Waals surface area contributed by atoms with Gasteiger partial charge in [0, 0.05) is 52.9 Å². The Bertz CT molecular complexity index is 1780. The average Bonchev–Trinajstić information content (AvgIpc) is 3.39. The van der Waals surface area contributed by atoms with Gasteiger partial charge in [-0.1, -0.05) is 11.6 Å². The summed E-state index contributed by atoms with van der Waals surface area (Å²) in [5.74, 6) is -3.67. The highest BCUT2D eigenvalue weighted by molar-refractivity contribution is 6.31. The molecule has 4 aromatic rings. The predicted molar refractivity (Wildman–Crippen MR) is 138 cm³/mol. The van der Waals surface area contributed by atoms with Crippen molar-refractivity contribution in [3.8, 4) is 0 Å². The van der Waals surface area contributed by atoms with E-state index in [2.05, 4.69) is 21.0 Å². The maximum atomic E-state index is 14.2. The standard InChI is InChI=1S/C27H19ClF5N5O3/c1-38-23(26(41)9-34-10-26)16-8-18(35-24(39)11-4-12(27(31,32)33)6-14(30)5-11)19-20(22(16)37-38)25(40)36-21(19)15-7-13(29)2-3-17(15)28/h2-8,21,34,41H,9-10H2,1H3,(H,35,39)(H,36,40). The fourth-order valence-corrected chi connectivity index (χ4v) is 5.61. The summed E-state index contributed by atoms with van der Waals surface area (Å²) in [4.78, 5) is 26.6. The van der Waals surface area contributed by atoms with Gasteiger partial charge in [-0.05, 0) is 42.5 Å². The zero-order valence-corrected chi connectivity index (χ0v) is 21.7. The van der Waals surface area contributed by atoms with Crippen LogP contribution in [0.2, 0.25) is 5.02 Å². The summed E-state index contributed by atoms with van der Waals surface area (Å²) in [5.41, 5.74) is -2.63. The third-order valence-corrected chi connectivity index (χ3v) is 7.58. The fourth-order valence-electron chi connectivity index (χ4n) is 5.38. The van der Waals surface area contributed by atoms with Crippen LogP contribution in [0.25, 0.3) is 10.9 Å². The molecule has 1 fully saturated rings. The number of carbonyl (C=O) groups is 2. The molecule has 8 nitrogen and oxygen atoms in total. The molecular weight excluding hydrogens is 573 g/mol. The Labute approximate surface area is 233 Å². The number of anilines is 1. The molecule has 1 saturated heterocycles. The van der Waals surface area contributed by atoms with Crippen LogP contribution in [0.1, 0.15) is 49.1 Å². The Kier molecular flexibility index (Phi) is 6.10. The molecule has 1 atom stereocenters. The van der Waals surface area contributed by atoms with E-state index in [1.54, 1.807) is 7.05 Å². The Morgan fingerprint density at radius 3 is 2.54 bits per heavy atom. The number of fused-ring (bicyclic) bond motifs is 3. The molecule has 4 N–H and O–H groups in total. The maximum Gasteiger partial charge on any atom is 0.416 e. The first-order chi connectivity index (χ1) is 19.3. The summed E-state index contributed by atoms with van der Waals surface area (Å²) < 4.78 is 69.7. The van der Waals surface area contributed by atoms with E-state index in [9.17, 15) is 36.6 Å². The van der Waals surface area contributed by atoms with Gasteiger partial charge in [0.2, 0.25) is 0 Å². The summed E-state index contributed by atoms with van der Waals surface area (Å²) in [7, 11) is 1.56. The second-order valence-electron chi connectivity index (χ2n) is 9.97. The van der Waals surface area contributed by atoms with E-state index < -0.39 is 52.4 Å². The number of β-amino-alcohol motifs (C(OH)–C–C–N with tert-alkyl or cyclic N) is 1. The van der Waals surface area contributed by atoms with Gasteiger partial charge < -0.3 is 21.1 Å². The van der Waals surface area contributed by atoms with Crippen LogP contribution in [-0.2, 0) is 18.8 Å². The normalized spacial score (nSPS) is 17.8. The van der Waals surface area contributed by atoms with E-state index in [1.165, 1.54) is 16.8 Å². The minimum absolute atomic E-state index is 0.00363. The first-order valence-electron chi connectivity index (χ1n) is 12.2. The summed E-state index contributed by atoms with van der Waals surface area (Å²) in [6, 6.07) is 5.26. The molecule has 0 spiro atoms. The molecule has 3 heterocycles. The molecule has 1 unspecified atom stereocenters. The number of alkyl halides is 3. The van der Waals surface area contributed by atoms with Gasteiger partial charge in [-0.25, -0.2) is 8.78 Å². The van der Waals surface area contributed by atoms with Gasteiger partial charge in [0.1, 0.15) is 22.8 Å². The molecule has 0 radical (unpaired) electrons. The van der Waals surface area contributed by atoms with E-state index in [0.29, 0.717) is 23.2 Å². The van der Waals surface area contributed by atoms with E-state index in [4.69, 9.17) is 11.6 Å². The molecule has 0 bridgehead atoms. The van der Waals surface area contributed by atoms with Crippen molar-refractivity contribution >= 4 is 40.0 Å². The number of nitrogens with one attached hydrogen (secondary N) is 3. The number of rotatable bonds is 4. The predicted octanol–water partition coefficient (Wildman–Crippen LogP) is 4.40. The number of halogens is 6. The summed E-state index contributed by atoms with van der Waals surface area (Å²) >= 11 is 6.34. The van der Waals surface area contributed by atoms with Gasteiger partial charge >= 0.3 is 6.18 Å². The van der Waals surface area contributed by atoms with E-state index >= 15 is 0 Å². The molecule has 3 aromatic carbocycles. The van der Waals surface area contributed by atoms with Crippen molar-refractivity contribution in [2.45, 2.75) is 17.8 Å². The lowest BCUT2D eigenvalue weighted by molar-refractivity contribution is -0.137. The highest BCUT2D eigenvalue weighted by Gasteiger charge is 2.43. The second kappa shape index (κ2) is 9.23. The number of aromatic nitrogens is 2. The largest absolute Gasteiger partial charge is 0.416 e. The quantitative estimate of drug-likeness (QED) is 0.263. The lowest BCUT2D eigenvalue weighted by Gasteiger charge is -2.37. The van der Waals surface area contributed by atoms with Gasteiger partial charge in [-0.3, -0.25) is 14.3 Å². The molecule has 14 heteroatoms. The Hall–Kier alpha value is -4.07. The number of hydrogen-bond acceptors (Lipinski definition) is 5. The van der Waals surface area contributed by atoms with Crippen LogP contribution >= 0.6 is 11.6 Å². The number of benzene rings is 3. The number of carbonyl (C=O) groups excluding carboxylic acids is 2. The first-order valence-corrected chi connectivity index (χ1v) is 12.6. The lowest BCUT2D eigenvalue weighted by Crippen LogP contribution is -2.57. The van der Waals surface area contributed by atoms with Gasteiger partial charge in [0.05, 0.1) is 22.9 Å². The zero-order valence-electron chi connectivity index (χ0n) is 21.0. The van der Waals surface area contributed by atoms with Gasteiger partial charge in [0.15, 0.2) is 0 Å². The molecular formula is C27H19ClF5N5O3. The number of hydrogen-bond donors (Lipinski definition) is 4. The smallest absolute Gasteiger partial charge is 0.381 e. The summed E-state index contributed by atoms with van der Waals surface area (Å²) in [5, 5.41) is 24.1. The second-order valence-corrected chi connectivity index (χ2v) is 10.4.